The van der Waals surface area contributed by atoms with Crippen LogP contribution in [0.4, 0.5) is 4.79 Å². The molecule has 0 aromatic carbocycles. The second kappa shape index (κ2) is 5.53. The van der Waals surface area contributed by atoms with E-state index in [0.717, 1.165) is 32.5 Å². The number of piperidine rings is 1. The first-order chi connectivity index (χ1) is 7.79. The van der Waals surface area contributed by atoms with Gasteiger partial charge < -0.3 is 15.5 Å². The quantitative estimate of drug-likeness (QED) is 0.758. The predicted molar refractivity (Wildman–Crippen MR) is 64.4 cm³/mol. The zero-order valence-corrected chi connectivity index (χ0v) is 10.2. The highest BCUT2D eigenvalue weighted by Gasteiger charge is 2.26. The number of nitrogens with zero attached hydrogens (tertiary/aromatic N) is 1. The summed E-state index contributed by atoms with van der Waals surface area (Å²) in [6.07, 6.45) is 6.08. The minimum atomic E-state index is 0.123. The van der Waals surface area contributed by atoms with E-state index >= 15 is 0 Å². The highest BCUT2D eigenvalue weighted by atomic mass is 16.2. The van der Waals surface area contributed by atoms with Gasteiger partial charge in [0.1, 0.15) is 0 Å². The van der Waals surface area contributed by atoms with Crippen molar-refractivity contribution in [1.29, 1.82) is 0 Å². The second-order valence-electron chi connectivity index (χ2n) is 4.91. The number of hydrogen-bond acceptors (Lipinski definition) is 2. The topological polar surface area (TPSA) is 44.4 Å². The molecule has 0 aromatic heterocycles. The Morgan fingerprint density at radius 3 is 2.75 bits per heavy atom. The summed E-state index contributed by atoms with van der Waals surface area (Å²) in [6.45, 7) is 4.81. The van der Waals surface area contributed by atoms with E-state index in [9.17, 15) is 4.79 Å². The SMILES string of the molecule is CCN(CC1CCCCN1)C(=O)NC1CC1. The number of amides is 2. The Bertz CT molecular complexity index is 234. The number of rotatable bonds is 4. The van der Waals surface area contributed by atoms with Crippen molar-refractivity contribution in [2.75, 3.05) is 19.6 Å². The summed E-state index contributed by atoms with van der Waals surface area (Å²) in [5.41, 5.74) is 0. The van der Waals surface area contributed by atoms with Gasteiger partial charge in [-0.15, -0.1) is 0 Å². The summed E-state index contributed by atoms with van der Waals surface area (Å²) < 4.78 is 0. The lowest BCUT2D eigenvalue weighted by molar-refractivity contribution is 0.189. The third-order valence-corrected chi connectivity index (χ3v) is 3.43. The molecule has 1 saturated carbocycles. The Morgan fingerprint density at radius 2 is 2.19 bits per heavy atom. The van der Waals surface area contributed by atoms with Crippen molar-refractivity contribution in [2.45, 2.75) is 51.1 Å². The molecule has 16 heavy (non-hydrogen) atoms. The Morgan fingerprint density at radius 1 is 1.38 bits per heavy atom. The Labute approximate surface area is 97.8 Å². The van der Waals surface area contributed by atoms with E-state index in [-0.39, 0.29) is 6.03 Å². The molecular formula is C12H23N3O. The standard InChI is InChI=1S/C12H23N3O/c1-2-15(12(16)14-10-6-7-10)9-11-5-3-4-8-13-11/h10-11,13H,2-9H2,1H3,(H,14,16). The third-order valence-electron chi connectivity index (χ3n) is 3.43. The maximum absolute atomic E-state index is 11.9. The second-order valence-corrected chi connectivity index (χ2v) is 4.91. The molecule has 1 heterocycles. The summed E-state index contributed by atoms with van der Waals surface area (Å²) >= 11 is 0. The zero-order valence-electron chi connectivity index (χ0n) is 10.2. The molecule has 0 radical (unpaired) electrons. The van der Waals surface area contributed by atoms with Crippen LogP contribution in [0, 0.1) is 0 Å². The Kier molecular flexibility index (Phi) is 4.04. The number of likely N-dealkylation sites (N-methyl/N-ethyl adjacent to an activating group) is 1. The molecule has 1 saturated heterocycles. The van der Waals surface area contributed by atoms with Crippen LogP contribution in [0.3, 0.4) is 0 Å². The van der Waals surface area contributed by atoms with Gasteiger partial charge in [0, 0.05) is 25.2 Å². The van der Waals surface area contributed by atoms with Crippen molar-refractivity contribution in [3.8, 4) is 0 Å². The summed E-state index contributed by atoms with van der Waals surface area (Å²) in [6, 6.07) is 1.08. The van der Waals surface area contributed by atoms with Crippen LogP contribution in [0.25, 0.3) is 0 Å². The average molecular weight is 225 g/mol. The minimum Gasteiger partial charge on any atom is -0.335 e. The van der Waals surface area contributed by atoms with E-state index in [1.807, 2.05) is 4.90 Å². The number of nitrogens with one attached hydrogen (secondary N) is 2. The van der Waals surface area contributed by atoms with Gasteiger partial charge in [0.15, 0.2) is 0 Å². The molecule has 4 nitrogen and oxygen atoms in total. The summed E-state index contributed by atoms with van der Waals surface area (Å²) in [4.78, 5) is 13.8. The summed E-state index contributed by atoms with van der Waals surface area (Å²) in [5, 5.41) is 6.54. The number of urea groups is 1. The molecule has 1 atom stereocenters. The van der Waals surface area contributed by atoms with Crippen molar-refractivity contribution in [3.63, 3.8) is 0 Å². The van der Waals surface area contributed by atoms with Crippen molar-refractivity contribution < 1.29 is 4.79 Å². The molecule has 92 valence electrons. The van der Waals surface area contributed by atoms with Crippen LogP contribution in [-0.4, -0.2) is 42.6 Å². The van der Waals surface area contributed by atoms with Crippen molar-refractivity contribution in [3.05, 3.63) is 0 Å². The van der Waals surface area contributed by atoms with Gasteiger partial charge in [-0.05, 0) is 39.2 Å². The highest BCUT2D eigenvalue weighted by Crippen LogP contribution is 2.19. The predicted octanol–water partition coefficient (Wildman–Crippen LogP) is 1.32. The van der Waals surface area contributed by atoms with E-state index in [1.54, 1.807) is 0 Å². The zero-order chi connectivity index (χ0) is 11.4. The van der Waals surface area contributed by atoms with Gasteiger partial charge in [0.2, 0.25) is 0 Å². The van der Waals surface area contributed by atoms with Gasteiger partial charge in [-0.1, -0.05) is 6.42 Å². The molecule has 2 N–H and O–H groups in total. The van der Waals surface area contributed by atoms with Gasteiger partial charge in [0.25, 0.3) is 0 Å². The summed E-state index contributed by atoms with van der Waals surface area (Å²) in [5.74, 6) is 0. The van der Waals surface area contributed by atoms with E-state index in [2.05, 4.69) is 17.6 Å². The van der Waals surface area contributed by atoms with E-state index < -0.39 is 0 Å². The van der Waals surface area contributed by atoms with E-state index in [4.69, 9.17) is 0 Å². The normalized spacial score (nSPS) is 25.2. The monoisotopic (exact) mass is 225 g/mol. The van der Waals surface area contributed by atoms with Crippen molar-refractivity contribution in [1.82, 2.24) is 15.5 Å². The molecule has 2 fully saturated rings. The van der Waals surface area contributed by atoms with Gasteiger partial charge in [0.05, 0.1) is 0 Å². The maximum Gasteiger partial charge on any atom is 0.317 e. The van der Waals surface area contributed by atoms with Crippen LogP contribution in [0.1, 0.15) is 39.0 Å². The first kappa shape index (κ1) is 11.7. The first-order valence-corrected chi connectivity index (χ1v) is 6.58. The smallest absolute Gasteiger partial charge is 0.317 e. The van der Waals surface area contributed by atoms with Crippen molar-refractivity contribution >= 4 is 6.03 Å². The van der Waals surface area contributed by atoms with Crippen LogP contribution in [-0.2, 0) is 0 Å². The third kappa shape index (κ3) is 3.37. The molecular weight excluding hydrogens is 202 g/mol. The van der Waals surface area contributed by atoms with Crippen LogP contribution >= 0.6 is 0 Å². The van der Waals surface area contributed by atoms with E-state index in [1.165, 1.54) is 19.3 Å². The Hall–Kier alpha value is -0.770. The molecule has 4 heteroatoms. The first-order valence-electron chi connectivity index (χ1n) is 6.58. The van der Waals surface area contributed by atoms with Gasteiger partial charge >= 0.3 is 6.03 Å². The van der Waals surface area contributed by atoms with Gasteiger partial charge in [-0.2, -0.15) is 0 Å². The largest absolute Gasteiger partial charge is 0.335 e. The maximum atomic E-state index is 11.9. The molecule has 2 aliphatic rings. The molecule has 1 aliphatic carbocycles. The lowest BCUT2D eigenvalue weighted by Gasteiger charge is -2.30. The fourth-order valence-electron chi connectivity index (χ4n) is 2.20. The molecule has 2 rings (SSSR count). The lowest BCUT2D eigenvalue weighted by atomic mass is 10.0. The average Bonchev–Trinajstić information content (AvgIpc) is 3.11. The lowest BCUT2D eigenvalue weighted by Crippen LogP contribution is -2.49. The van der Waals surface area contributed by atoms with Crippen LogP contribution in [0.5, 0.6) is 0 Å². The van der Waals surface area contributed by atoms with Gasteiger partial charge in [-0.3, -0.25) is 0 Å². The number of carbonyl (C=O) groups is 1. The van der Waals surface area contributed by atoms with Crippen LogP contribution < -0.4 is 10.6 Å². The summed E-state index contributed by atoms with van der Waals surface area (Å²) in [7, 11) is 0. The number of hydrogen-bond donors (Lipinski definition) is 2. The molecule has 0 spiro atoms. The van der Waals surface area contributed by atoms with Crippen molar-refractivity contribution in [2.24, 2.45) is 0 Å². The highest BCUT2D eigenvalue weighted by molar-refractivity contribution is 5.74. The van der Waals surface area contributed by atoms with Crippen LogP contribution in [0.15, 0.2) is 0 Å². The molecule has 0 bridgehead atoms. The van der Waals surface area contributed by atoms with Gasteiger partial charge in [-0.25, -0.2) is 4.79 Å². The van der Waals surface area contributed by atoms with E-state index in [0.29, 0.717) is 12.1 Å². The minimum absolute atomic E-state index is 0.123. The Balaban J connectivity index is 1.76. The molecule has 0 aromatic rings. The van der Waals surface area contributed by atoms with Crippen LogP contribution in [0.2, 0.25) is 0 Å². The molecule has 1 aliphatic heterocycles. The molecule has 1 unspecified atom stereocenters. The fraction of sp³-hybridized carbons (Fsp3) is 0.917. The number of carbonyl (C=O) groups excluding carboxylic acids is 1. The molecule has 2 amide bonds. The fourth-order valence-corrected chi connectivity index (χ4v) is 2.20.